The lowest BCUT2D eigenvalue weighted by atomic mass is 9.95. The van der Waals surface area contributed by atoms with Gasteiger partial charge in [-0.15, -0.1) is 0 Å². The first kappa shape index (κ1) is 19.4. The van der Waals surface area contributed by atoms with Crippen LogP contribution in [0.2, 0.25) is 0 Å². The number of pyridine rings is 1. The maximum atomic E-state index is 12.5. The standard InChI is InChI=1S/C19H29N3O3/c1-14(2)25-13-5-10-20-18(23)16-8-11-22(12-9-16)19(24)17-7-4-6-15(3)21-17/h4,6-7,14,16H,5,8-13H2,1-3H3,(H,20,23). The second-order valence-electron chi connectivity index (χ2n) is 6.79. The van der Waals surface area contributed by atoms with Crippen molar-refractivity contribution in [3.8, 4) is 0 Å². The molecule has 2 rings (SSSR count). The van der Waals surface area contributed by atoms with Crippen LogP contribution in [0.4, 0.5) is 0 Å². The summed E-state index contributed by atoms with van der Waals surface area (Å²) in [4.78, 5) is 30.8. The number of aryl methyl sites for hydroxylation is 1. The molecule has 0 atom stereocenters. The molecule has 0 saturated carbocycles. The van der Waals surface area contributed by atoms with E-state index in [-0.39, 0.29) is 23.8 Å². The summed E-state index contributed by atoms with van der Waals surface area (Å²) in [6.07, 6.45) is 2.44. The van der Waals surface area contributed by atoms with Crippen molar-refractivity contribution in [3.63, 3.8) is 0 Å². The van der Waals surface area contributed by atoms with Gasteiger partial charge in [-0.05, 0) is 52.2 Å². The molecule has 2 heterocycles. The lowest BCUT2D eigenvalue weighted by Crippen LogP contribution is -2.43. The molecule has 1 aliphatic heterocycles. The van der Waals surface area contributed by atoms with Gasteiger partial charge in [0.15, 0.2) is 0 Å². The van der Waals surface area contributed by atoms with E-state index in [0.29, 0.717) is 44.8 Å². The Kier molecular flexibility index (Phi) is 7.37. The number of hydrogen-bond donors (Lipinski definition) is 1. The summed E-state index contributed by atoms with van der Waals surface area (Å²) in [5.41, 5.74) is 1.31. The predicted molar refractivity (Wildman–Crippen MR) is 96.3 cm³/mol. The van der Waals surface area contributed by atoms with E-state index in [1.54, 1.807) is 11.0 Å². The average Bonchev–Trinajstić information content (AvgIpc) is 2.60. The Balaban J connectivity index is 1.72. The fourth-order valence-electron chi connectivity index (χ4n) is 2.92. The fraction of sp³-hybridized carbons (Fsp3) is 0.632. The molecule has 25 heavy (non-hydrogen) atoms. The van der Waals surface area contributed by atoms with Gasteiger partial charge in [0.1, 0.15) is 5.69 Å². The maximum absolute atomic E-state index is 12.5. The zero-order valence-electron chi connectivity index (χ0n) is 15.5. The number of aromatic nitrogens is 1. The van der Waals surface area contributed by atoms with Gasteiger partial charge in [0.05, 0.1) is 6.10 Å². The van der Waals surface area contributed by atoms with E-state index in [9.17, 15) is 9.59 Å². The minimum Gasteiger partial charge on any atom is -0.379 e. The first-order valence-electron chi connectivity index (χ1n) is 9.09. The van der Waals surface area contributed by atoms with Crippen LogP contribution in [0.5, 0.6) is 0 Å². The Hall–Kier alpha value is -1.95. The first-order valence-corrected chi connectivity index (χ1v) is 9.09. The minimum atomic E-state index is -0.0478. The molecule has 1 aliphatic rings. The number of amides is 2. The Morgan fingerprint density at radius 3 is 2.68 bits per heavy atom. The molecule has 1 aromatic heterocycles. The van der Waals surface area contributed by atoms with Crippen LogP contribution in [-0.2, 0) is 9.53 Å². The number of rotatable bonds is 7. The SMILES string of the molecule is Cc1cccc(C(=O)N2CCC(C(=O)NCCCOC(C)C)CC2)n1. The lowest BCUT2D eigenvalue weighted by Gasteiger charge is -2.31. The molecule has 1 aromatic rings. The van der Waals surface area contributed by atoms with Crippen molar-refractivity contribution in [2.45, 2.75) is 46.1 Å². The number of likely N-dealkylation sites (tertiary alicyclic amines) is 1. The number of nitrogens with zero attached hydrogens (tertiary/aromatic N) is 2. The van der Waals surface area contributed by atoms with Gasteiger partial charge in [0, 0.05) is 37.9 Å². The predicted octanol–water partition coefficient (Wildman–Crippen LogP) is 2.17. The van der Waals surface area contributed by atoms with Crippen LogP contribution in [-0.4, -0.2) is 54.0 Å². The van der Waals surface area contributed by atoms with Crippen LogP contribution in [0.1, 0.15) is 49.3 Å². The molecule has 0 aromatic carbocycles. The van der Waals surface area contributed by atoms with Crippen LogP contribution in [0.3, 0.4) is 0 Å². The number of carbonyl (C=O) groups excluding carboxylic acids is 2. The number of carbonyl (C=O) groups is 2. The van der Waals surface area contributed by atoms with Gasteiger partial charge in [-0.3, -0.25) is 9.59 Å². The summed E-state index contributed by atoms with van der Waals surface area (Å²) in [6, 6.07) is 5.46. The van der Waals surface area contributed by atoms with Crippen molar-refractivity contribution in [3.05, 3.63) is 29.6 Å². The highest BCUT2D eigenvalue weighted by atomic mass is 16.5. The van der Waals surface area contributed by atoms with Crippen molar-refractivity contribution in [1.82, 2.24) is 15.2 Å². The Morgan fingerprint density at radius 1 is 1.32 bits per heavy atom. The highest BCUT2D eigenvalue weighted by molar-refractivity contribution is 5.92. The van der Waals surface area contributed by atoms with Crippen LogP contribution in [0, 0.1) is 12.8 Å². The molecular formula is C19H29N3O3. The molecule has 1 N–H and O–H groups in total. The zero-order valence-corrected chi connectivity index (χ0v) is 15.5. The summed E-state index contributed by atoms with van der Waals surface area (Å²) in [6.45, 7) is 8.37. The molecule has 6 heteroatoms. The molecule has 1 fully saturated rings. The number of ether oxygens (including phenoxy) is 1. The monoisotopic (exact) mass is 347 g/mol. The van der Waals surface area contributed by atoms with E-state index >= 15 is 0 Å². The summed E-state index contributed by atoms with van der Waals surface area (Å²) >= 11 is 0. The molecule has 1 saturated heterocycles. The molecule has 0 radical (unpaired) electrons. The fourth-order valence-corrected chi connectivity index (χ4v) is 2.92. The highest BCUT2D eigenvalue weighted by Crippen LogP contribution is 2.19. The van der Waals surface area contributed by atoms with E-state index in [1.165, 1.54) is 0 Å². The summed E-state index contributed by atoms with van der Waals surface area (Å²) < 4.78 is 5.46. The second-order valence-corrected chi connectivity index (χ2v) is 6.79. The van der Waals surface area contributed by atoms with E-state index < -0.39 is 0 Å². The summed E-state index contributed by atoms with van der Waals surface area (Å²) in [5.74, 6) is 0.0271. The third-order valence-corrected chi connectivity index (χ3v) is 4.33. The molecule has 0 aliphatic carbocycles. The highest BCUT2D eigenvalue weighted by Gasteiger charge is 2.28. The van der Waals surface area contributed by atoms with Crippen LogP contribution in [0.15, 0.2) is 18.2 Å². The minimum absolute atomic E-state index is 0.0134. The van der Waals surface area contributed by atoms with Gasteiger partial charge < -0.3 is 15.0 Å². The Bertz CT molecular complexity index is 581. The number of piperidine rings is 1. The van der Waals surface area contributed by atoms with Crippen molar-refractivity contribution < 1.29 is 14.3 Å². The van der Waals surface area contributed by atoms with Crippen LogP contribution in [0.25, 0.3) is 0 Å². The van der Waals surface area contributed by atoms with E-state index in [0.717, 1.165) is 12.1 Å². The molecule has 0 unspecified atom stereocenters. The van der Waals surface area contributed by atoms with Gasteiger partial charge >= 0.3 is 0 Å². The van der Waals surface area contributed by atoms with E-state index in [4.69, 9.17) is 4.74 Å². The number of hydrogen-bond acceptors (Lipinski definition) is 4. The average molecular weight is 347 g/mol. The van der Waals surface area contributed by atoms with Crippen molar-refractivity contribution >= 4 is 11.8 Å². The third-order valence-electron chi connectivity index (χ3n) is 4.33. The third kappa shape index (κ3) is 6.12. The molecule has 6 nitrogen and oxygen atoms in total. The van der Waals surface area contributed by atoms with Crippen molar-refractivity contribution in [2.75, 3.05) is 26.2 Å². The second kappa shape index (κ2) is 9.51. The maximum Gasteiger partial charge on any atom is 0.272 e. The first-order chi connectivity index (χ1) is 12.0. The van der Waals surface area contributed by atoms with E-state index in [2.05, 4.69) is 10.3 Å². The van der Waals surface area contributed by atoms with Crippen molar-refractivity contribution in [1.29, 1.82) is 0 Å². The summed E-state index contributed by atoms with van der Waals surface area (Å²) in [7, 11) is 0. The smallest absolute Gasteiger partial charge is 0.272 e. The normalized spacial score (nSPS) is 15.4. The Labute approximate surface area is 150 Å². The van der Waals surface area contributed by atoms with Crippen molar-refractivity contribution in [2.24, 2.45) is 5.92 Å². The Morgan fingerprint density at radius 2 is 2.04 bits per heavy atom. The zero-order chi connectivity index (χ0) is 18.2. The number of nitrogens with one attached hydrogen (secondary N) is 1. The quantitative estimate of drug-likeness (QED) is 0.768. The summed E-state index contributed by atoms with van der Waals surface area (Å²) in [5, 5.41) is 2.97. The molecule has 0 bridgehead atoms. The molecule has 138 valence electrons. The van der Waals surface area contributed by atoms with Crippen LogP contribution >= 0.6 is 0 Å². The van der Waals surface area contributed by atoms with Gasteiger partial charge in [-0.2, -0.15) is 0 Å². The van der Waals surface area contributed by atoms with E-state index in [1.807, 2.05) is 32.9 Å². The van der Waals surface area contributed by atoms with Gasteiger partial charge in [0.25, 0.3) is 5.91 Å². The lowest BCUT2D eigenvalue weighted by molar-refractivity contribution is -0.126. The van der Waals surface area contributed by atoms with Gasteiger partial charge in [0.2, 0.25) is 5.91 Å². The topological polar surface area (TPSA) is 71.5 Å². The van der Waals surface area contributed by atoms with Crippen LogP contribution < -0.4 is 5.32 Å². The molecule has 2 amide bonds. The molecule has 0 spiro atoms. The molecular weight excluding hydrogens is 318 g/mol. The van der Waals surface area contributed by atoms with Gasteiger partial charge in [-0.1, -0.05) is 6.07 Å². The largest absolute Gasteiger partial charge is 0.379 e. The van der Waals surface area contributed by atoms with Gasteiger partial charge in [-0.25, -0.2) is 4.98 Å².